The third-order valence-electron chi connectivity index (χ3n) is 7.05. The molecule has 1 saturated heterocycles. The highest BCUT2D eigenvalue weighted by Gasteiger charge is 2.30. The van der Waals surface area contributed by atoms with Gasteiger partial charge in [0.1, 0.15) is 17.5 Å². The van der Waals surface area contributed by atoms with Gasteiger partial charge in [0.15, 0.2) is 5.82 Å². The van der Waals surface area contributed by atoms with E-state index in [0.717, 1.165) is 10.7 Å². The van der Waals surface area contributed by atoms with Gasteiger partial charge in [-0.25, -0.2) is 23.0 Å². The summed E-state index contributed by atoms with van der Waals surface area (Å²) in [6.07, 6.45) is 1.96. The number of rotatable bonds is 13. The largest absolute Gasteiger partial charge is 0.480 e. The second-order valence-corrected chi connectivity index (χ2v) is 12.1. The number of nitrogens with one attached hydrogen (secondary N) is 1. The van der Waals surface area contributed by atoms with Crippen LogP contribution in [0.4, 0.5) is 22.2 Å². The fourth-order valence-corrected chi connectivity index (χ4v) is 6.07. The van der Waals surface area contributed by atoms with Crippen LogP contribution in [-0.2, 0) is 21.2 Å². The number of hydrogen-bond donors (Lipinski definition) is 2. The molecule has 2 heterocycles. The number of aliphatic carboxylic acids is 1. The van der Waals surface area contributed by atoms with Gasteiger partial charge in [-0.05, 0) is 69.2 Å². The maximum Gasteiger partial charge on any atom is 0.415 e. The van der Waals surface area contributed by atoms with Gasteiger partial charge in [-0.2, -0.15) is 4.98 Å². The molecule has 1 amide bonds. The second-order valence-electron chi connectivity index (χ2n) is 9.79. The van der Waals surface area contributed by atoms with Crippen LogP contribution in [0.3, 0.4) is 0 Å². The van der Waals surface area contributed by atoms with Crippen LogP contribution in [-0.4, -0.2) is 79.2 Å². The molecule has 14 heteroatoms. The van der Waals surface area contributed by atoms with E-state index in [1.807, 2.05) is 18.7 Å². The van der Waals surface area contributed by atoms with E-state index in [9.17, 15) is 23.1 Å². The number of anilines is 3. The zero-order chi connectivity index (χ0) is 31.1. The van der Waals surface area contributed by atoms with E-state index < -0.39 is 28.1 Å². The van der Waals surface area contributed by atoms with Crippen molar-refractivity contribution in [1.29, 1.82) is 0 Å². The van der Waals surface area contributed by atoms with Crippen molar-refractivity contribution in [1.82, 2.24) is 14.9 Å². The van der Waals surface area contributed by atoms with Gasteiger partial charge in [-0.15, -0.1) is 0 Å². The van der Waals surface area contributed by atoms with Crippen LogP contribution in [0.1, 0.15) is 32.8 Å². The lowest BCUT2D eigenvalue weighted by Crippen LogP contribution is -2.43. The summed E-state index contributed by atoms with van der Waals surface area (Å²) in [6.45, 7) is 8.08. The third kappa shape index (κ3) is 7.46. The van der Waals surface area contributed by atoms with Crippen molar-refractivity contribution in [3.05, 3.63) is 65.3 Å². The number of carbonyl (C=O) groups excluding carboxylic acids is 1. The number of amides is 1. The molecule has 0 unspecified atom stereocenters. The molecular formula is C29H35ClN6O6S. The molecule has 1 atom stereocenters. The van der Waals surface area contributed by atoms with E-state index in [1.54, 1.807) is 36.1 Å². The molecule has 0 spiro atoms. The topological polar surface area (TPSA) is 145 Å². The summed E-state index contributed by atoms with van der Waals surface area (Å²) in [4.78, 5) is 37.0. The molecule has 43 heavy (non-hydrogen) atoms. The molecule has 1 fully saturated rings. The minimum absolute atomic E-state index is 0.0159. The van der Waals surface area contributed by atoms with Crippen LogP contribution in [0.2, 0.25) is 5.02 Å². The lowest BCUT2D eigenvalue weighted by atomic mass is 10.1. The van der Waals surface area contributed by atoms with Gasteiger partial charge >= 0.3 is 12.1 Å². The SMILES string of the molecule is CCN(CC)c1ncc(N(CC)S(=O)(=O)c2ccc(Cl)cc2)c(N[C@@H](Cc2ccc(OC(=O)N3CCC3)cc2)C(=O)O)n1. The number of halogens is 1. The molecule has 230 valence electrons. The highest BCUT2D eigenvalue weighted by atomic mass is 35.5. The molecule has 0 aliphatic carbocycles. The molecule has 2 N–H and O–H groups in total. The number of sulfonamides is 1. The molecule has 2 aromatic carbocycles. The fraction of sp³-hybridized carbons (Fsp3) is 0.379. The Hall–Kier alpha value is -4.10. The number of aromatic nitrogens is 2. The van der Waals surface area contributed by atoms with Crippen molar-refractivity contribution in [2.75, 3.05) is 47.2 Å². The molecule has 1 aromatic heterocycles. The standard InChI is InChI=1S/C29H35ClN6O6S/c1-4-34(5-2)28-31-19-25(36(6-3)43(40,41)23-14-10-21(30)11-15-23)26(33-28)32-24(27(37)38)18-20-8-12-22(13-9-20)42-29(39)35-16-7-17-35/h8-15,19,24H,4-7,16-18H2,1-3H3,(H,37,38)(H,31,32,33)/t24-/m0/s1. The monoisotopic (exact) mass is 630 g/mol. The Morgan fingerprint density at radius 1 is 1.05 bits per heavy atom. The van der Waals surface area contributed by atoms with Crippen molar-refractivity contribution in [2.45, 2.75) is 44.6 Å². The summed E-state index contributed by atoms with van der Waals surface area (Å²) in [7, 11) is -4.07. The number of carboxylic acids is 1. The van der Waals surface area contributed by atoms with Crippen molar-refractivity contribution < 1.29 is 27.9 Å². The molecule has 3 aromatic rings. The summed E-state index contributed by atoms with van der Waals surface area (Å²) in [6, 6.07) is 11.2. The van der Waals surface area contributed by atoms with Gasteiger partial charge in [0, 0.05) is 44.2 Å². The average Bonchev–Trinajstić information content (AvgIpc) is 2.94. The highest BCUT2D eigenvalue weighted by molar-refractivity contribution is 7.92. The van der Waals surface area contributed by atoms with E-state index in [0.29, 0.717) is 48.5 Å². The Morgan fingerprint density at radius 2 is 1.70 bits per heavy atom. The first-order valence-electron chi connectivity index (χ1n) is 14.0. The lowest BCUT2D eigenvalue weighted by Gasteiger charge is -2.29. The average molecular weight is 631 g/mol. The fourth-order valence-electron chi connectivity index (χ4n) is 4.48. The zero-order valence-corrected chi connectivity index (χ0v) is 25.8. The van der Waals surface area contributed by atoms with Crippen LogP contribution in [0.15, 0.2) is 59.6 Å². The Labute approximate surface area is 256 Å². The molecular weight excluding hydrogens is 596 g/mol. The first-order valence-corrected chi connectivity index (χ1v) is 15.8. The van der Waals surface area contributed by atoms with E-state index in [2.05, 4.69) is 15.3 Å². The third-order valence-corrected chi connectivity index (χ3v) is 9.21. The molecule has 4 rings (SSSR count). The first-order chi connectivity index (χ1) is 20.6. The van der Waals surface area contributed by atoms with E-state index in [4.69, 9.17) is 16.3 Å². The Balaban J connectivity index is 1.64. The Morgan fingerprint density at radius 3 is 2.23 bits per heavy atom. The minimum atomic E-state index is -4.07. The number of hydrogen-bond acceptors (Lipinski definition) is 9. The minimum Gasteiger partial charge on any atom is -0.480 e. The summed E-state index contributed by atoms with van der Waals surface area (Å²) in [5.41, 5.74) is 0.761. The number of likely N-dealkylation sites (tertiary alicyclic amines) is 1. The van der Waals surface area contributed by atoms with Gasteiger partial charge in [0.05, 0.1) is 11.1 Å². The van der Waals surface area contributed by atoms with Crippen molar-refractivity contribution in [3.8, 4) is 5.75 Å². The molecule has 1 aliphatic rings. The van der Waals surface area contributed by atoms with Crippen molar-refractivity contribution in [2.24, 2.45) is 0 Å². The van der Waals surface area contributed by atoms with Crippen LogP contribution < -0.4 is 19.3 Å². The number of carbonyl (C=O) groups is 2. The maximum atomic E-state index is 13.7. The molecule has 0 radical (unpaired) electrons. The molecule has 1 aliphatic heterocycles. The van der Waals surface area contributed by atoms with Gasteiger partial charge in [-0.1, -0.05) is 23.7 Å². The van der Waals surface area contributed by atoms with Crippen LogP contribution in [0.25, 0.3) is 0 Å². The number of carboxylic acid groups (broad SMARTS) is 1. The predicted octanol–water partition coefficient (Wildman–Crippen LogP) is 4.50. The predicted molar refractivity (Wildman–Crippen MR) is 165 cm³/mol. The van der Waals surface area contributed by atoms with Crippen molar-refractivity contribution >= 4 is 51.1 Å². The van der Waals surface area contributed by atoms with Gasteiger partial charge in [0.2, 0.25) is 5.95 Å². The van der Waals surface area contributed by atoms with Gasteiger partial charge < -0.3 is 25.0 Å². The molecule has 12 nitrogen and oxygen atoms in total. The normalized spacial score (nSPS) is 13.5. The summed E-state index contributed by atoms with van der Waals surface area (Å²) < 4.78 is 33.9. The Bertz CT molecular complexity index is 1530. The second kappa shape index (κ2) is 13.9. The van der Waals surface area contributed by atoms with Crippen LogP contribution >= 0.6 is 11.6 Å². The number of nitrogens with zero attached hydrogens (tertiary/aromatic N) is 5. The highest BCUT2D eigenvalue weighted by Crippen LogP contribution is 2.31. The summed E-state index contributed by atoms with van der Waals surface area (Å²) in [5, 5.41) is 13.5. The maximum absolute atomic E-state index is 13.7. The Kier molecular flexibility index (Phi) is 10.3. The number of ether oxygens (including phenoxy) is 1. The lowest BCUT2D eigenvalue weighted by molar-refractivity contribution is -0.137. The number of benzene rings is 2. The van der Waals surface area contributed by atoms with E-state index in [-0.39, 0.29) is 29.4 Å². The van der Waals surface area contributed by atoms with E-state index in [1.165, 1.54) is 30.5 Å². The van der Waals surface area contributed by atoms with Gasteiger partial charge in [0.25, 0.3) is 10.0 Å². The first kappa shape index (κ1) is 31.8. The van der Waals surface area contributed by atoms with Crippen LogP contribution in [0.5, 0.6) is 5.75 Å². The summed E-state index contributed by atoms with van der Waals surface area (Å²) >= 11 is 5.97. The molecule has 0 saturated carbocycles. The van der Waals surface area contributed by atoms with Crippen molar-refractivity contribution in [3.63, 3.8) is 0 Å². The zero-order valence-electron chi connectivity index (χ0n) is 24.2. The van der Waals surface area contributed by atoms with E-state index >= 15 is 0 Å². The van der Waals surface area contributed by atoms with Gasteiger partial charge in [-0.3, -0.25) is 4.31 Å². The molecule has 0 bridgehead atoms. The smallest absolute Gasteiger partial charge is 0.415 e. The summed E-state index contributed by atoms with van der Waals surface area (Å²) in [5.74, 6) is -0.420. The quantitative estimate of drug-likeness (QED) is 0.277. The van der Waals surface area contributed by atoms with Crippen LogP contribution in [0, 0.1) is 0 Å².